The molecule has 0 aliphatic carbocycles. The minimum Gasteiger partial charge on any atom is -0.359 e. The second-order valence-corrected chi connectivity index (χ2v) is 2.71. The van der Waals surface area contributed by atoms with Crippen LogP contribution in [-0.4, -0.2) is 13.0 Å². The van der Waals surface area contributed by atoms with E-state index in [9.17, 15) is 4.79 Å². The lowest BCUT2D eigenvalue weighted by Gasteiger charge is -2.16. The van der Waals surface area contributed by atoms with Gasteiger partial charge in [0.1, 0.15) is 0 Å². The first-order valence-corrected chi connectivity index (χ1v) is 4.01. The lowest BCUT2D eigenvalue weighted by atomic mass is 9.91. The van der Waals surface area contributed by atoms with Crippen LogP contribution in [0.15, 0.2) is 12.7 Å². The van der Waals surface area contributed by atoms with Gasteiger partial charge in [0.15, 0.2) is 0 Å². The lowest BCUT2D eigenvalue weighted by Crippen LogP contribution is -2.29. The summed E-state index contributed by atoms with van der Waals surface area (Å²) in [7, 11) is 1.66. The quantitative estimate of drug-likeness (QED) is 0.614. The van der Waals surface area contributed by atoms with Crippen molar-refractivity contribution in [2.24, 2.45) is 11.8 Å². The number of allylic oxidation sites excluding steroid dienone is 1. The molecular weight excluding hydrogens is 138 g/mol. The van der Waals surface area contributed by atoms with E-state index in [1.54, 1.807) is 7.05 Å². The molecule has 0 spiro atoms. The van der Waals surface area contributed by atoms with E-state index in [0.29, 0.717) is 5.92 Å². The molecule has 0 aromatic rings. The van der Waals surface area contributed by atoms with Crippen LogP contribution in [0.4, 0.5) is 0 Å². The van der Waals surface area contributed by atoms with E-state index in [-0.39, 0.29) is 11.8 Å². The molecule has 0 aromatic heterocycles. The second kappa shape index (κ2) is 4.94. The van der Waals surface area contributed by atoms with Crippen molar-refractivity contribution >= 4 is 5.91 Å². The molecule has 11 heavy (non-hydrogen) atoms. The van der Waals surface area contributed by atoms with Gasteiger partial charge in [-0.25, -0.2) is 0 Å². The van der Waals surface area contributed by atoms with Crippen LogP contribution in [0.3, 0.4) is 0 Å². The lowest BCUT2D eigenvalue weighted by molar-refractivity contribution is -0.125. The average molecular weight is 155 g/mol. The fourth-order valence-electron chi connectivity index (χ4n) is 1.15. The molecule has 0 saturated heterocycles. The van der Waals surface area contributed by atoms with Crippen molar-refractivity contribution in [3.05, 3.63) is 12.7 Å². The number of hydrogen-bond donors (Lipinski definition) is 1. The van der Waals surface area contributed by atoms with Crippen LogP contribution in [0.1, 0.15) is 20.3 Å². The van der Waals surface area contributed by atoms with Crippen LogP contribution in [0.2, 0.25) is 0 Å². The Hall–Kier alpha value is -0.790. The molecule has 0 saturated carbocycles. The SMILES string of the molecule is C=C[C@@H](CC)[C@H](C)C(=O)NC. The van der Waals surface area contributed by atoms with Gasteiger partial charge in [0.25, 0.3) is 0 Å². The van der Waals surface area contributed by atoms with Crippen LogP contribution in [0.25, 0.3) is 0 Å². The summed E-state index contributed by atoms with van der Waals surface area (Å²) in [5, 5.41) is 2.63. The molecule has 0 unspecified atom stereocenters. The first kappa shape index (κ1) is 10.2. The largest absolute Gasteiger partial charge is 0.359 e. The zero-order valence-corrected chi connectivity index (χ0v) is 7.55. The van der Waals surface area contributed by atoms with Crippen LogP contribution in [0.5, 0.6) is 0 Å². The highest BCUT2D eigenvalue weighted by Crippen LogP contribution is 2.15. The van der Waals surface area contributed by atoms with E-state index < -0.39 is 0 Å². The van der Waals surface area contributed by atoms with E-state index in [0.717, 1.165) is 6.42 Å². The predicted octanol–water partition coefficient (Wildman–Crippen LogP) is 1.58. The van der Waals surface area contributed by atoms with Gasteiger partial charge in [-0.1, -0.05) is 19.9 Å². The highest BCUT2D eigenvalue weighted by Gasteiger charge is 2.18. The van der Waals surface area contributed by atoms with Gasteiger partial charge in [0, 0.05) is 13.0 Å². The molecule has 1 amide bonds. The summed E-state index contributed by atoms with van der Waals surface area (Å²) < 4.78 is 0. The van der Waals surface area contributed by atoms with Crippen LogP contribution >= 0.6 is 0 Å². The molecule has 0 bridgehead atoms. The van der Waals surface area contributed by atoms with Gasteiger partial charge < -0.3 is 5.32 Å². The van der Waals surface area contributed by atoms with E-state index >= 15 is 0 Å². The summed E-state index contributed by atoms with van der Waals surface area (Å²) in [6.45, 7) is 7.68. The zero-order chi connectivity index (χ0) is 8.85. The Morgan fingerprint density at radius 2 is 2.27 bits per heavy atom. The van der Waals surface area contributed by atoms with Crippen molar-refractivity contribution in [2.75, 3.05) is 7.05 Å². The molecular formula is C9H17NO. The van der Waals surface area contributed by atoms with Gasteiger partial charge in [-0.3, -0.25) is 4.79 Å². The van der Waals surface area contributed by atoms with E-state index in [1.165, 1.54) is 0 Å². The number of rotatable bonds is 4. The molecule has 0 aliphatic rings. The summed E-state index contributed by atoms with van der Waals surface area (Å²) in [6, 6.07) is 0. The highest BCUT2D eigenvalue weighted by molar-refractivity contribution is 5.78. The first-order chi connectivity index (χ1) is 5.17. The van der Waals surface area contributed by atoms with Crippen LogP contribution in [0, 0.1) is 11.8 Å². The molecule has 64 valence electrons. The third kappa shape index (κ3) is 2.74. The Morgan fingerprint density at radius 1 is 1.73 bits per heavy atom. The third-order valence-corrected chi connectivity index (χ3v) is 2.08. The summed E-state index contributed by atoms with van der Waals surface area (Å²) in [4.78, 5) is 11.1. The van der Waals surface area contributed by atoms with Gasteiger partial charge in [-0.15, -0.1) is 6.58 Å². The maximum absolute atomic E-state index is 11.1. The smallest absolute Gasteiger partial charge is 0.223 e. The first-order valence-electron chi connectivity index (χ1n) is 4.01. The van der Waals surface area contributed by atoms with Crippen molar-refractivity contribution in [2.45, 2.75) is 20.3 Å². The van der Waals surface area contributed by atoms with Crippen molar-refractivity contribution in [1.82, 2.24) is 5.32 Å². The van der Waals surface area contributed by atoms with Crippen molar-refractivity contribution in [3.8, 4) is 0 Å². The Bertz CT molecular complexity index is 142. The molecule has 0 aromatic carbocycles. The fraction of sp³-hybridized carbons (Fsp3) is 0.667. The monoisotopic (exact) mass is 155 g/mol. The normalized spacial score (nSPS) is 15.2. The maximum Gasteiger partial charge on any atom is 0.223 e. The van der Waals surface area contributed by atoms with Crippen molar-refractivity contribution < 1.29 is 4.79 Å². The van der Waals surface area contributed by atoms with Crippen LogP contribution in [-0.2, 0) is 4.79 Å². The Kier molecular flexibility index (Phi) is 4.59. The molecule has 0 aliphatic heterocycles. The Morgan fingerprint density at radius 3 is 2.55 bits per heavy atom. The van der Waals surface area contributed by atoms with Crippen molar-refractivity contribution in [1.29, 1.82) is 0 Å². The van der Waals surface area contributed by atoms with E-state index in [1.807, 2.05) is 13.0 Å². The Labute approximate surface area is 68.7 Å². The molecule has 0 rings (SSSR count). The van der Waals surface area contributed by atoms with Crippen molar-refractivity contribution in [3.63, 3.8) is 0 Å². The van der Waals surface area contributed by atoms with Gasteiger partial charge in [0.05, 0.1) is 0 Å². The zero-order valence-electron chi connectivity index (χ0n) is 7.55. The van der Waals surface area contributed by atoms with Gasteiger partial charge in [-0.05, 0) is 12.3 Å². The number of carbonyl (C=O) groups excluding carboxylic acids is 1. The van der Waals surface area contributed by atoms with E-state index in [4.69, 9.17) is 0 Å². The number of nitrogens with one attached hydrogen (secondary N) is 1. The minimum atomic E-state index is 0.0440. The number of carbonyl (C=O) groups is 1. The predicted molar refractivity (Wildman–Crippen MR) is 47.2 cm³/mol. The highest BCUT2D eigenvalue weighted by atomic mass is 16.1. The number of amides is 1. The molecule has 0 radical (unpaired) electrons. The standard InChI is InChI=1S/C9H17NO/c1-5-8(6-2)7(3)9(11)10-4/h5,7-8H,1,6H2,2-4H3,(H,10,11)/t7-,8-/m0/s1. The molecule has 2 heteroatoms. The van der Waals surface area contributed by atoms with E-state index in [2.05, 4.69) is 18.8 Å². The van der Waals surface area contributed by atoms with Gasteiger partial charge in [-0.2, -0.15) is 0 Å². The molecule has 0 fully saturated rings. The average Bonchev–Trinajstić information content (AvgIpc) is 2.05. The summed E-state index contributed by atoms with van der Waals surface area (Å²) in [5.74, 6) is 0.439. The third-order valence-electron chi connectivity index (χ3n) is 2.08. The van der Waals surface area contributed by atoms with Gasteiger partial charge in [0.2, 0.25) is 5.91 Å². The summed E-state index contributed by atoms with van der Waals surface area (Å²) in [6.07, 6.45) is 2.82. The summed E-state index contributed by atoms with van der Waals surface area (Å²) in [5.41, 5.74) is 0. The fourth-order valence-corrected chi connectivity index (χ4v) is 1.15. The van der Waals surface area contributed by atoms with Gasteiger partial charge >= 0.3 is 0 Å². The molecule has 1 N–H and O–H groups in total. The molecule has 0 heterocycles. The second-order valence-electron chi connectivity index (χ2n) is 2.71. The summed E-state index contributed by atoms with van der Waals surface area (Å²) >= 11 is 0. The molecule has 2 nitrogen and oxygen atoms in total. The molecule has 2 atom stereocenters. The topological polar surface area (TPSA) is 29.1 Å². The minimum absolute atomic E-state index is 0.0440. The number of hydrogen-bond acceptors (Lipinski definition) is 1. The van der Waals surface area contributed by atoms with Crippen LogP contribution < -0.4 is 5.32 Å². The Balaban J connectivity index is 4.07. The maximum atomic E-state index is 11.1.